The van der Waals surface area contributed by atoms with Gasteiger partial charge in [0.25, 0.3) is 5.91 Å². The van der Waals surface area contributed by atoms with E-state index in [0.717, 1.165) is 0 Å². The number of carbonyl (C=O) groups is 2. The lowest BCUT2D eigenvalue weighted by Gasteiger charge is -2.07. The number of carbonyl (C=O) groups excluding carboxylic acids is 2. The van der Waals surface area contributed by atoms with Gasteiger partial charge in [-0.25, -0.2) is 0 Å². The van der Waals surface area contributed by atoms with Crippen molar-refractivity contribution in [1.29, 1.82) is 0 Å². The maximum Gasteiger partial charge on any atom is 0.286 e. The van der Waals surface area contributed by atoms with Gasteiger partial charge in [0.2, 0.25) is 5.91 Å². The molecular weight excluding hydrogens is 272 g/mol. The van der Waals surface area contributed by atoms with E-state index in [4.69, 9.17) is 9.15 Å². The molecule has 2 N–H and O–H groups in total. The van der Waals surface area contributed by atoms with Crippen molar-refractivity contribution in [2.45, 2.75) is 6.42 Å². The molecular formula is C15H16N2O4. The summed E-state index contributed by atoms with van der Waals surface area (Å²) in [5, 5.41) is 5.34. The Morgan fingerprint density at radius 1 is 1.24 bits per heavy atom. The minimum atomic E-state index is -0.339. The minimum absolute atomic E-state index is 0.170. The molecule has 0 fully saturated rings. The molecule has 21 heavy (non-hydrogen) atoms. The fraction of sp³-hybridized carbons (Fsp3) is 0.200. The molecule has 6 heteroatoms. The zero-order valence-electron chi connectivity index (χ0n) is 11.6. The van der Waals surface area contributed by atoms with Crippen molar-refractivity contribution in [3.8, 4) is 5.75 Å². The Balaban J connectivity index is 1.76. The van der Waals surface area contributed by atoms with E-state index < -0.39 is 0 Å². The average molecular weight is 288 g/mol. The van der Waals surface area contributed by atoms with E-state index in [9.17, 15) is 9.59 Å². The monoisotopic (exact) mass is 288 g/mol. The van der Waals surface area contributed by atoms with E-state index in [1.807, 2.05) is 0 Å². The molecule has 110 valence electrons. The van der Waals surface area contributed by atoms with Crippen LogP contribution in [-0.4, -0.2) is 25.5 Å². The Hall–Kier alpha value is -2.76. The maximum atomic E-state index is 11.8. The van der Waals surface area contributed by atoms with Crippen LogP contribution in [0.3, 0.4) is 0 Å². The third-order valence-corrected chi connectivity index (χ3v) is 2.74. The summed E-state index contributed by atoms with van der Waals surface area (Å²) in [4.78, 5) is 23.3. The maximum absolute atomic E-state index is 11.8. The number of hydrogen-bond donors (Lipinski definition) is 2. The summed E-state index contributed by atoms with van der Waals surface area (Å²) in [5.74, 6) is 0.360. The Labute approximate surface area is 122 Å². The summed E-state index contributed by atoms with van der Waals surface area (Å²) in [6, 6.07) is 10.3. The number of benzene rings is 1. The average Bonchev–Trinajstić information content (AvgIpc) is 3.01. The Bertz CT molecular complexity index is 608. The summed E-state index contributed by atoms with van der Waals surface area (Å²) in [7, 11) is 1.56. The predicted octanol–water partition coefficient (Wildman–Crippen LogP) is 2.05. The summed E-state index contributed by atoms with van der Waals surface area (Å²) in [5.41, 5.74) is 0.650. The van der Waals surface area contributed by atoms with Crippen LogP contribution in [0.1, 0.15) is 17.0 Å². The van der Waals surface area contributed by atoms with E-state index >= 15 is 0 Å². The molecule has 1 heterocycles. The quantitative estimate of drug-likeness (QED) is 0.852. The van der Waals surface area contributed by atoms with Crippen LogP contribution >= 0.6 is 0 Å². The van der Waals surface area contributed by atoms with Gasteiger partial charge in [-0.15, -0.1) is 0 Å². The zero-order chi connectivity index (χ0) is 15.1. The largest absolute Gasteiger partial charge is 0.497 e. The molecule has 0 aliphatic carbocycles. The number of furan rings is 1. The highest BCUT2D eigenvalue weighted by molar-refractivity contribution is 5.93. The topological polar surface area (TPSA) is 80.6 Å². The number of ether oxygens (including phenoxy) is 1. The smallest absolute Gasteiger partial charge is 0.286 e. The molecule has 0 radical (unpaired) electrons. The molecule has 6 nitrogen and oxygen atoms in total. The van der Waals surface area contributed by atoms with Gasteiger partial charge in [0.1, 0.15) is 5.75 Å². The number of nitrogens with one attached hydrogen (secondary N) is 2. The number of rotatable bonds is 6. The van der Waals surface area contributed by atoms with Gasteiger partial charge in [-0.1, -0.05) is 6.07 Å². The standard InChI is InChI=1S/C15H16N2O4/c1-20-12-5-2-4-11(10-12)17-14(18)7-8-16-15(19)13-6-3-9-21-13/h2-6,9-10H,7-8H2,1H3,(H,16,19)(H,17,18). The van der Waals surface area contributed by atoms with Crippen molar-refractivity contribution in [1.82, 2.24) is 5.32 Å². The normalized spacial score (nSPS) is 9.95. The Morgan fingerprint density at radius 3 is 2.81 bits per heavy atom. The Morgan fingerprint density at radius 2 is 2.10 bits per heavy atom. The van der Waals surface area contributed by atoms with E-state index in [2.05, 4.69) is 10.6 Å². The lowest BCUT2D eigenvalue weighted by molar-refractivity contribution is -0.116. The second-order valence-electron chi connectivity index (χ2n) is 4.26. The van der Waals surface area contributed by atoms with Crippen molar-refractivity contribution in [3.05, 3.63) is 48.4 Å². The first-order chi connectivity index (χ1) is 10.2. The van der Waals surface area contributed by atoms with Crippen LogP contribution in [-0.2, 0) is 4.79 Å². The number of anilines is 1. The van der Waals surface area contributed by atoms with Crippen LogP contribution in [0, 0.1) is 0 Å². The van der Waals surface area contributed by atoms with Crippen molar-refractivity contribution in [2.75, 3.05) is 19.0 Å². The van der Waals surface area contributed by atoms with Crippen molar-refractivity contribution in [3.63, 3.8) is 0 Å². The molecule has 1 aromatic heterocycles. The summed E-state index contributed by atoms with van der Waals surface area (Å²) < 4.78 is 10.0. The second kappa shape index (κ2) is 7.14. The summed E-state index contributed by atoms with van der Waals surface area (Å²) in [6.45, 7) is 0.231. The first kappa shape index (κ1) is 14.6. The van der Waals surface area contributed by atoms with Crippen LogP contribution in [0.2, 0.25) is 0 Å². The van der Waals surface area contributed by atoms with Gasteiger partial charge in [0.05, 0.1) is 13.4 Å². The third-order valence-electron chi connectivity index (χ3n) is 2.74. The van der Waals surface area contributed by atoms with Gasteiger partial charge in [-0.3, -0.25) is 9.59 Å². The molecule has 1 aromatic carbocycles. The number of amides is 2. The first-order valence-corrected chi connectivity index (χ1v) is 6.44. The van der Waals surface area contributed by atoms with Crippen molar-refractivity contribution >= 4 is 17.5 Å². The molecule has 0 saturated carbocycles. The van der Waals surface area contributed by atoms with Gasteiger partial charge in [0.15, 0.2) is 5.76 Å². The molecule has 2 amide bonds. The van der Waals surface area contributed by atoms with Crippen molar-refractivity contribution in [2.24, 2.45) is 0 Å². The van der Waals surface area contributed by atoms with Gasteiger partial charge in [0, 0.05) is 24.7 Å². The fourth-order valence-corrected chi connectivity index (χ4v) is 1.71. The van der Waals surface area contributed by atoms with Gasteiger partial charge < -0.3 is 19.8 Å². The molecule has 0 saturated heterocycles. The molecule has 0 bridgehead atoms. The highest BCUT2D eigenvalue weighted by Gasteiger charge is 2.09. The van der Waals surface area contributed by atoms with Gasteiger partial charge in [-0.05, 0) is 24.3 Å². The van der Waals surface area contributed by atoms with Gasteiger partial charge >= 0.3 is 0 Å². The second-order valence-corrected chi connectivity index (χ2v) is 4.26. The molecule has 0 unspecified atom stereocenters. The predicted molar refractivity (Wildman–Crippen MR) is 77.3 cm³/mol. The molecule has 0 aliphatic rings. The number of hydrogen-bond acceptors (Lipinski definition) is 4. The van der Waals surface area contributed by atoms with Crippen LogP contribution in [0.4, 0.5) is 5.69 Å². The lowest BCUT2D eigenvalue weighted by atomic mass is 10.3. The van der Waals surface area contributed by atoms with Crippen molar-refractivity contribution < 1.29 is 18.7 Å². The highest BCUT2D eigenvalue weighted by Crippen LogP contribution is 2.16. The molecule has 2 aromatic rings. The molecule has 2 rings (SSSR count). The van der Waals surface area contributed by atoms with Crippen LogP contribution in [0.15, 0.2) is 47.1 Å². The molecule has 0 aliphatic heterocycles. The fourth-order valence-electron chi connectivity index (χ4n) is 1.71. The van der Waals surface area contributed by atoms with E-state index in [1.54, 1.807) is 43.5 Å². The lowest BCUT2D eigenvalue weighted by Crippen LogP contribution is -2.27. The molecule has 0 spiro atoms. The Kier molecular flexibility index (Phi) is 4.98. The number of methoxy groups -OCH3 is 1. The summed E-state index contributed by atoms with van der Waals surface area (Å²) >= 11 is 0. The van der Waals surface area contributed by atoms with Gasteiger partial charge in [-0.2, -0.15) is 0 Å². The van der Waals surface area contributed by atoms with Crippen LogP contribution in [0.25, 0.3) is 0 Å². The van der Waals surface area contributed by atoms with Crippen LogP contribution in [0.5, 0.6) is 5.75 Å². The molecule has 0 atom stereocenters. The third kappa shape index (κ3) is 4.38. The highest BCUT2D eigenvalue weighted by atomic mass is 16.5. The van der Waals surface area contributed by atoms with E-state index in [0.29, 0.717) is 11.4 Å². The minimum Gasteiger partial charge on any atom is -0.497 e. The SMILES string of the molecule is COc1cccc(NC(=O)CCNC(=O)c2ccco2)c1. The first-order valence-electron chi connectivity index (χ1n) is 6.44. The van der Waals surface area contributed by atoms with E-state index in [-0.39, 0.29) is 30.5 Å². The van der Waals surface area contributed by atoms with Crippen LogP contribution < -0.4 is 15.4 Å². The summed E-state index contributed by atoms with van der Waals surface area (Å²) in [6.07, 6.45) is 1.59. The zero-order valence-corrected chi connectivity index (χ0v) is 11.6. The van der Waals surface area contributed by atoms with E-state index in [1.165, 1.54) is 6.26 Å².